The molecule has 90 valence electrons. The molecular weight excluding hydrogens is 250 g/mol. The van der Waals surface area contributed by atoms with Crippen LogP contribution in [0.5, 0.6) is 0 Å². The van der Waals surface area contributed by atoms with Gasteiger partial charge in [-0.1, -0.05) is 23.7 Å². The molecule has 1 aromatic carbocycles. The Hall–Kier alpha value is -2.27. The normalized spacial score (nSPS) is 10.7. The van der Waals surface area contributed by atoms with Crippen molar-refractivity contribution >= 4 is 17.4 Å². The van der Waals surface area contributed by atoms with Gasteiger partial charge < -0.3 is 5.73 Å². The second kappa shape index (κ2) is 4.19. The highest BCUT2D eigenvalue weighted by atomic mass is 35.5. The Bertz CT molecular complexity index is 672. The molecule has 0 aliphatic rings. The van der Waals surface area contributed by atoms with Crippen LogP contribution >= 0.6 is 11.6 Å². The van der Waals surface area contributed by atoms with Crippen molar-refractivity contribution < 1.29 is 0 Å². The second-order valence-corrected chi connectivity index (χ2v) is 4.28. The Morgan fingerprint density at radius 3 is 2.78 bits per heavy atom. The third-order valence-corrected chi connectivity index (χ3v) is 2.91. The van der Waals surface area contributed by atoms with E-state index in [1.54, 1.807) is 6.20 Å². The molecule has 2 heterocycles. The lowest BCUT2D eigenvalue weighted by Gasteiger charge is -2.03. The smallest absolute Gasteiger partial charge is 0.153 e. The molecule has 0 radical (unpaired) electrons. The minimum atomic E-state index is 0.432. The minimum absolute atomic E-state index is 0.432. The van der Waals surface area contributed by atoms with Crippen LogP contribution in [-0.2, 0) is 0 Å². The summed E-state index contributed by atoms with van der Waals surface area (Å²) in [5.41, 5.74) is 9.27. The summed E-state index contributed by atoms with van der Waals surface area (Å²) >= 11 is 6.00. The van der Waals surface area contributed by atoms with E-state index in [1.165, 1.54) is 0 Å². The van der Waals surface area contributed by atoms with Gasteiger partial charge in [0.2, 0.25) is 0 Å². The van der Waals surface area contributed by atoms with Crippen molar-refractivity contribution in [2.45, 2.75) is 0 Å². The maximum Gasteiger partial charge on any atom is 0.153 e. The van der Waals surface area contributed by atoms with E-state index in [0.717, 1.165) is 22.5 Å². The summed E-state index contributed by atoms with van der Waals surface area (Å²) in [5.74, 6) is 0.432. The SMILES string of the molecule is Nc1n[nH]c(-c2ccn[nH]2)c1-c1cccc(Cl)c1. The van der Waals surface area contributed by atoms with Crippen molar-refractivity contribution in [1.82, 2.24) is 20.4 Å². The van der Waals surface area contributed by atoms with Crippen LogP contribution in [0.3, 0.4) is 0 Å². The van der Waals surface area contributed by atoms with E-state index in [-0.39, 0.29) is 0 Å². The van der Waals surface area contributed by atoms with Crippen molar-refractivity contribution in [3.8, 4) is 22.5 Å². The van der Waals surface area contributed by atoms with Gasteiger partial charge in [-0.25, -0.2) is 0 Å². The summed E-state index contributed by atoms with van der Waals surface area (Å²) in [4.78, 5) is 0. The van der Waals surface area contributed by atoms with E-state index < -0.39 is 0 Å². The van der Waals surface area contributed by atoms with E-state index in [0.29, 0.717) is 10.8 Å². The maximum atomic E-state index is 6.00. The number of nitrogen functional groups attached to an aromatic ring is 1. The zero-order chi connectivity index (χ0) is 12.5. The molecule has 0 bridgehead atoms. The number of benzene rings is 1. The van der Waals surface area contributed by atoms with Crippen molar-refractivity contribution in [3.05, 3.63) is 41.6 Å². The predicted octanol–water partition coefficient (Wildman–Crippen LogP) is 2.70. The first-order valence-electron chi connectivity index (χ1n) is 5.35. The molecule has 0 aliphatic heterocycles. The maximum absolute atomic E-state index is 6.00. The van der Waals surface area contributed by atoms with E-state index in [4.69, 9.17) is 17.3 Å². The summed E-state index contributed by atoms with van der Waals surface area (Å²) in [5, 5.41) is 14.4. The highest BCUT2D eigenvalue weighted by Crippen LogP contribution is 2.34. The van der Waals surface area contributed by atoms with Gasteiger partial charge in [-0.05, 0) is 23.8 Å². The molecule has 0 aliphatic carbocycles. The lowest BCUT2D eigenvalue weighted by atomic mass is 10.0. The Labute approximate surface area is 108 Å². The topological polar surface area (TPSA) is 83.4 Å². The van der Waals surface area contributed by atoms with E-state index in [1.807, 2.05) is 30.3 Å². The standard InChI is InChI=1S/C12H10ClN5/c13-8-3-1-2-7(6-8)10-11(17-18-12(10)14)9-4-5-15-16-9/h1-6H,(H,15,16)(H3,14,17,18). The number of hydrogen-bond acceptors (Lipinski definition) is 3. The van der Waals surface area contributed by atoms with E-state index in [2.05, 4.69) is 20.4 Å². The first-order valence-corrected chi connectivity index (χ1v) is 5.73. The number of aromatic nitrogens is 4. The molecule has 5 nitrogen and oxygen atoms in total. The fraction of sp³-hybridized carbons (Fsp3) is 0. The van der Waals surface area contributed by atoms with Gasteiger partial charge in [0.15, 0.2) is 5.82 Å². The zero-order valence-corrected chi connectivity index (χ0v) is 10.1. The lowest BCUT2D eigenvalue weighted by molar-refractivity contribution is 1.06. The van der Waals surface area contributed by atoms with Gasteiger partial charge in [-0.2, -0.15) is 10.2 Å². The highest BCUT2D eigenvalue weighted by Gasteiger charge is 2.15. The fourth-order valence-corrected chi connectivity index (χ4v) is 2.07. The van der Waals surface area contributed by atoms with Gasteiger partial charge in [0.1, 0.15) is 0 Å². The third kappa shape index (κ3) is 1.74. The predicted molar refractivity (Wildman–Crippen MR) is 71.0 cm³/mol. The van der Waals surface area contributed by atoms with Crippen LogP contribution in [0.25, 0.3) is 22.5 Å². The molecular formula is C12H10ClN5. The molecule has 0 amide bonds. The molecule has 3 rings (SSSR count). The Balaban J connectivity index is 2.20. The molecule has 0 saturated heterocycles. The first kappa shape index (κ1) is 10.9. The van der Waals surface area contributed by atoms with Crippen LogP contribution in [0.15, 0.2) is 36.5 Å². The number of nitrogens with zero attached hydrogens (tertiary/aromatic N) is 2. The van der Waals surface area contributed by atoms with Crippen molar-refractivity contribution in [1.29, 1.82) is 0 Å². The number of nitrogens with one attached hydrogen (secondary N) is 2. The van der Waals surface area contributed by atoms with Crippen molar-refractivity contribution in [3.63, 3.8) is 0 Å². The third-order valence-electron chi connectivity index (χ3n) is 2.68. The minimum Gasteiger partial charge on any atom is -0.382 e. The molecule has 0 atom stereocenters. The molecule has 0 spiro atoms. The van der Waals surface area contributed by atoms with Crippen LogP contribution in [0.2, 0.25) is 5.02 Å². The monoisotopic (exact) mass is 259 g/mol. The molecule has 0 unspecified atom stereocenters. The van der Waals surface area contributed by atoms with Crippen LogP contribution < -0.4 is 5.73 Å². The molecule has 6 heteroatoms. The zero-order valence-electron chi connectivity index (χ0n) is 9.31. The summed E-state index contributed by atoms with van der Waals surface area (Å²) in [7, 11) is 0. The number of halogens is 1. The molecule has 0 saturated carbocycles. The average Bonchev–Trinajstić information content (AvgIpc) is 2.97. The van der Waals surface area contributed by atoms with Gasteiger partial charge in [0, 0.05) is 11.2 Å². The van der Waals surface area contributed by atoms with Crippen molar-refractivity contribution in [2.75, 3.05) is 5.73 Å². The number of hydrogen-bond donors (Lipinski definition) is 3. The second-order valence-electron chi connectivity index (χ2n) is 3.84. The van der Waals surface area contributed by atoms with Gasteiger partial charge in [0.25, 0.3) is 0 Å². The number of rotatable bonds is 2. The number of anilines is 1. The van der Waals surface area contributed by atoms with Crippen LogP contribution in [0, 0.1) is 0 Å². The lowest BCUT2D eigenvalue weighted by Crippen LogP contribution is -1.89. The molecule has 0 fully saturated rings. The molecule has 4 N–H and O–H groups in total. The van der Waals surface area contributed by atoms with E-state index >= 15 is 0 Å². The Morgan fingerprint density at radius 2 is 2.06 bits per heavy atom. The Morgan fingerprint density at radius 1 is 1.17 bits per heavy atom. The van der Waals surface area contributed by atoms with Crippen molar-refractivity contribution in [2.24, 2.45) is 0 Å². The van der Waals surface area contributed by atoms with Gasteiger partial charge in [-0.3, -0.25) is 10.2 Å². The van der Waals surface area contributed by atoms with Gasteiger partial charge in [-0.15, -0.1) is 0 Å². The Kier molecular flexibility index (Phi) is 2.53. The van der Waals surface area contributed by atoms with Crippen LogP contribution in [0.4, 0.5) is 5.82 Å². The first-order chi connectivity index (χ1) is 8.75. The summed E-state index contributed by atoms with van der Waals surface area (Å²) in [6.07, 6.45) is 1.67. The fourth-order valence-electron chi connectivity index (χ4n) is 1.88. The molecule has 18 heavy (non-hydrogen) atoms. The highest BCUT2D eigenvalue weighted by molar-refractivity contribution is 6.30. The summed E-state index contributed by atoms with van der Waals surface area (Å²) < 4.78 is 0. The number of H-pyrrole nitrogens is 2. The average molecular weight is 260 g/mol. The quantitative estimate of drug-likeness (QED) is 0.662. The number of nitrogens with two attached hydrogens (primary N) is 1. The molecule has 2 aromatic heterocycles. The van der Waals surface area contributed by atoms with Gasteiger partial charge in [0.05, 0.1) is 17.0 Å². The summed E-state index contributed by atoms with van der Waals surface area (Å²) in [6.45, 7) is 0. The largest absolute Gasteiger partial charge is 0.382 e. The van der Waals surface area contributed by atoms with Crippen LogP contribution in [-0.4, -0.2) is 20.4 Å². The number of aromatic amines is 2. The summed E-state index contributed by atoms with van der Waals surface area (Å²) in [6, 6.07) is 9.33. The van der Waals surface area contributed by atoms with E-state index in [9.17, 15) is 0 Å². The van der Waals surface area contributed by atoms with Crippen LogP contribution in [0.1, 0.15) is 0 Å². The molecule has 3 aromatic rings. The van der Waals surface area contributed by atoms with Gasteiger partial charge >= 0.3 is 0 Å².